The fourth-order valence-electron chi connectivity index (χ4n) is 3.05. The van der Waals surface area contributed by atoms with E-state index in [-0.39, 0.29) is 23.7 Å². The Morgan fingerprint density at radius 3 is 2.52 bits per heavy atom. The van der Waals surface area contributed by atoms with Crippen molar-refractivity contribution in [2.45, 2.75) is 32.1 Å². The van der Waals surface area contributed by atoms with E-state index in [9.17, 15) is 13.2 Å². The number of rotatable bonds is 3. The van der Waals surface area contributed by atoms with Gasteiger partial charge < -0.3 is 10.2 Å². The summed E-state index contributed by atoms with van der Waals surface area (Å²) >= 11 is 0. The SMILES string of the molecule is C[C@@H]1CN(c2nc(-c3cnn(C4CNC4)c3)cc(C(F)(F)F)n2)[C@H]1C. The maximum absolute atomic E-state index is 13.3. The Kier molecular flexibility index (Phi) is 3.71. The van der Waals surface area contributed by atoms with Crippen molar-refractivity contribution in [2.24, 2.45) is 5.92 Å². The third-order valence-electron chi connectivity index (χ3n) is 5.09. The quantitative estimate of drug-likeness (QED) is 0.919. The predicted molar refractivity (Wildman–Crippen MR) is 86.1 cm³/mol. The molecule has 0 unspecified atom stereocenters. The minimum Gasteiger partial charge on any atom is -0.337 e. The summed E-state index contributed by atoms with van der Waals surface area (Å²) in [5.74, 6) is 0.545. The van der Waals surface area contributed by atoms with Crippen molar-refractivity contribution in [1.29, 1.82) is 0 Å². The summed E-state index contributed by atoms with van der Waals surface area (Å²) in [6.45, 7) is 6.32. The molecule has 2 aromatic heterocycles. The Balaban J connectivity index is 1.72. The molecule has 2 aliphatic rings. The summed E-state index contributed by atoms with van der Waals surface area (Å²) in [7, 11) is 0. The number of hydrogen-bond donors (Lipinski definition) is 1. The van der Waals surface area contributed by atoms with Crippen LogP contribution in [0, 0.1) is 5.92 Å². The van der Waals surface area contributed by atoms with Crippen molar-refractivity contribution in [2.75, 3.05) is 24.5 Å². The van der Waals surface area contributed by atoms with Gasteiger partial charge in [0.2, 0.25) is 5.95 Å². The van der Waals surface area contributed by atoms with Gasteiger partial charge in [-0.2, -0.15) is 18.3 Å². The lowest BCUT2D eigenvalue weighted by atomic mass is 9.92. The van der Waals surface area contributed by atoms with Crippen LogP contribution in [0.2, 0.25) is 0 Å². The minimum absolute atomic E-state index is 0.125. The Morgan fingerprint density at radius 1 is 1.20 bits per heavy atom. The highest BCUT2D eigenvalue weighted by atomic mass is 19.4. The smallest absolute Gasteiger partial charge is 0.337 e. The first-order valence-corrected chi connectivity index (χ1v) is 8.31. The van der Waals surface area contributed by atoms with Crippen LogP contribution in [-0.4, -0.2) is 45.4 Å². The van der Waals surface area contributed by atoms with E-state index in [4.69, 9.17) is 0 Å². The molecule has 0 aliphatic carbocycles. The van der Waals surface area contributed by atoms with Crippen molar-refractivity contribution < 1.29 is 13.2 Å². The second-order valence-electron chi connectivity index (χ2n) is 6.83. The van der Waals surface area contributed by atoms with Crippen LogP contribution in [0.15, 0.2) is 18.5 Å². The van der Waals surface area contributed by atoms with Gasteiger partial charge in [-0.25, -0.2) is 9.97 Å². The normalized spacial score (nSPS) is 24.1. The number of nitrogens with zero attached hydrogens (tertiary/aromatic N) is 5. The van der Waals surface area contributed by atoms with Crippen LogP contribution in [0.5, 0.6) is 0 Å². The monoisotopic (exact) mass is 352 g/mol. The van der Waals surface area contributed by atoms with Gasteiger partial charge in [-0.05, 0) is 18.9 Å². The second kappa shape index (κ2) is 5.69. The zero-order valence-corrected chi connectivity index (χ0v) is 14.0. The van der Waals surface area contributed by atoms with E-state index in [2.05, 4.69) is 27.3 Å². The third kappa shape index (κ3) is 2.86. The van der Waals surface area contributed by atoms with Crippen molar-refractivity contribution in [1.82, 2.24) is 25.1 Å². The molecule has 2 aromatic rings. The van der Waals surface area contributed by atoms with E-state index in [1.807, 2.05) is 11.8 Å². The molecule has 2 saturated heterocycles. The molecule has 25 heavy (non-hydrogen) atoms. The maximum Gasteiger partial charge on any atom is 0.433 e. The molecule has 0 aromatic carbocycles. The lowest BCUT2D eigenvalue weighted by Crippen LogP contribution is -2.54. The van der Waals surface area contributed by atoms with Crippen LogP contribution < -0.4 is 10.2 Å². The van der Waals surface area contributed by atoms with Crippen LogP contribution in [0.4, 0.5) is 19.1 Å². The molecule has 0 bridgehead atoms. The average molecular weight is 352 g/mol. The largest absolute Gasteiger partial charge is 0.433 e. The average Bonchev–Trinajstić information content (AvgIpc) is 2.98. The molecule has 0 spiro atoms. The van der Waals surface area contributed by atoms with Crippen LogP contribution in [0.1, 0.15) is 25.6 Å². The fourth-order valence-corrected chi connectivity index (χ4v) is 3.05. The highest BCUT2D eigenvalue weighted by molar-refractivity contribution is 5.60. The Bertz CT molecular complexity index is 782. The van der Waals surface area contributed by atoms with Crippen molar-refractivity contribution >= 4 is 5.95 Å². The van der Waals surface area contributed by atoms with Crippen LogP contribution in [-0.2, 0) is 6.18 Å². The van der Waals surface area contributed by atoms with Crippen LogP contribution >= 0.6 is 0 Å². The number of halogens is 3. The zero-order valence-electron chi connectivity index (χ0n) is 14.0. The molecule has 4 heterocycles. The van der Waals surface area contributed by atoms with E-state index < -0.39 is 11.9 Å². The van der Waals surface area contributed by atoms with E-state index in [1.54, 1.807) is 17.1 Å². The molecule has 2 aliphatic heterocycles. The standard InChI is InChI=1S/C16H19F3N6/c1-9-7-24(10(9)2)15-22-13(3-14(23-15)16(17,18)19)11-4-21-25(8-11)12-5-20-6-12/h3-4,8-10,12,20H,5-7H2,1-2H3/t9-,10+/m1/s1. The molecular weight excluding hydrogens is 333 g/mol. The number of hydrogen-bond acceptors (Lipinski definition) is 5. The predicted octanol–water partition coefficient (Wildman–Crippen LogP) is 2.35. The molecule has 0 amide bonds. The molecule has 6 nitrogen and oxygen atoms in total. The molecule has 4 rings (SSSR count). The Morgan fingerprint density at radius 2 is 1.96 bits per heavy atom. The Hall–Kier alpha value is -2.16. The van der Waals surface area contributed by atoms with Gasteiger partial charge in [0.1, 0.15) is 0 Å². The number of alkyl halides is 3. The highest BCUT2D eigenvalue weighted by Gasteiger charge is 2.38. The van der Waals surface area contributed by atoms with E-state index in [0.717, 1.165) is 19.2 Å². The molecule has 2 atom stereocenters. The molecule has 0 radical (unpaired) electrons. The molecule has 1 N–H and O–H groups in total. The topological polar surface area (TPSA) is 58.9 Å². The summed E-state index contributed by atoms with van der Waals surface area (Å²) < 4.78 is 41.6. The fraction of sp³-hybridized carbons (Fsp3) is 0.562. The van der Waals surface area contributed by atoms with E-state index in [1.165, 1.54) is 0 Å². The van der Waals surface area contributed by atoms with Crippen LogP contribution in [0.25, 0.3) is 11.3 Å². The minimum atomic E-state index is -4.51. The van der Waals surface area contributed by atoms with Gasteiger partial charge in [-0.1, -0.05) is 6.92 Å². The summed E-state index contributed by atoms with van der Waals surface area (Å²) in [5, 5.41) is 7.41. The first-order valence-electron chi connectivity index (χ1n) is 8.31. The van der Waals surface area contributed by atoms with Gasteiger partial charge in [-0.3, -0.25) is 4.68 Å². The number of anilines is 1. The number of nitrogens with one attached hydrogen (secondary N) is 1. The van der Waals surface area contributed by atoms with Crippen molar-refractivity contribution in [3.63, 3.8) is 0 Å². The lowest BCUT2D eigenvalue weighted by molar-refractivity contribution is -0.141. The summed E-state index contributed by atoms with van der Waals surface area (Å²) in [6, 6.07) is 1.37. The van der Waals surface area contributed by atoms with Gasteiger partial charge in [0, 0.05) is 37.4 Å². The van der Waals surface area contributed by atoms with Gasteiger partial charge >= 0.3 is 6.18 Å². The Labute approximate surface area is 143 Å². The maximum atomic E-state index is 13.3. The third-order valence-corrected chi connectivity index (χ3v) is 5.09. The molecule has 0 saturated carbocycles. The van der Waals surface area contributed by atoms with Crippen molar-refractivity contribution in [3.8, 4) is 11.3 Å². The van der Waals surface area contributed by atoms with E-state index >= 15 is 0 Å². The van der Waals surface area contributed by atoms with Gasteiger partial charge in [0.15, 0.2) is 5.69 Å². The summed E-state index contributed by atoms with van der Waals surface area (Å²) in [5.41, 5.74) is -0.0952. The molecule has 134 valence electrons. The summed E-state index contributed by atoms with van der Waals surface area (Å²) in [6.07, 6.45) is -1.20. The van der Waals surface area contributed by atoms with Crippen LogP contribution in [0.3, 0.4) is 0 Å². The van der Waals surface area contributed by atoms with E-state index in [0.29, 0.717) is 18.0 Å². The number of aromatic nitrogens is 4. The van der Waals surface area contributed by atoms with Gasteiger partial charge in [0.05, 0.1) is 17.9 Å². The molecule has 2 fully saturated rings. The highest BCUT2D eigenvalue weighted by Crippen LogP contribution is 2.35. The van der Waals surface area contributed by atoms with Gasteiger partial charge in [0.25, 0.3) is 0 Å². The van der Waals surface area contributed by atoms with Gasteiger partial charge in [-0.15, -0.1) is 0 Å². The first-order chi connectivity index (χ1) is 11.8. The second-order valence-corrected chi connectivity index (χ2v) is 6.83. The lowest BCUT2D eigenvalue weighted by Gasteiger charge is -2.44. The summed E-state index contributed by atoms with van der Waals surface area (Å²) in [4.78, 5) is 9.95. The molecular formula is C16H19F3N6. The van der Waals surface area contributed by atoms with Crippen molar-refractivity contribution in [3.05, 3.63) is 24.2 Å². The zero-order chi connectivity index (χ0) is 17.8. The first kappa shape index (κ1) is 16.3. The molecule has 9 heteroatoms.